The molecule has 0 N–H and O–H groups in total. The van der Waals surface area contributed by atoms with Crippen molar-refractivity contribution in [2.24, 2.45) is 7.05 Å². The summed E-state index contributed by atoms with van der Waals surface area (Å²) >= 11 is 7.54. The summed E-state index contributed by atoms with van der Waals surface area (Å²) in [5.41, 5.74) is 2.30. The molecule has 6 nitrogen and oxygen atoms in total. The third kappa shape index (κ3) is 4.96. The van der Waals surface area contributed by atoms with E-state index in [9.17, 15) is 4.79 Å². The molecule has 1 amide bonds. The Morgan fingerprint density at radius 3 is 2.53 bits per heavy atom. The van der Waals surface area contributed by atoms with Gasteiger partial charge in [0.2, 0.25) is 5.91 Å². The fraction of sp³-hybridized carbons (Fsp3) is 0.318. The van der Waals surface area contributed by atoms with Crippen LogP contribution in [0.1, 0.15) is 11.4 Å². The van der Waals surface area contributed by atoms with Gasteiger partial charge >= 0.3 is 0 Å². The predicted octanol–water partition coefficient (Wildman–Crippen LogP) is 3.50. The topological polar surface area (TPSA) is 54.3 Å². The first-order valence-electron chi connectivity index (χ1n) is 9.93. The molecule has 0 saturated carbocycles. The smallest absolute Gasteiger partial charge is 0.233 e. The third-order valence-electron chi connectivity index (χ3n) is 5.26. The van der Waals surface area contributed by atoms with Crippen LogP contribution in [0.5, 0.6) is 0 Å². The maximum Gasteiger partial charge on any atom is 0.233 e. The number of thioether (sulfide) groups is 1. The van der Waals surface area contributed by atoms with Crippen molar-refractivity contribution in [1.29, 1.82) is 0 Å². The molecule has 0 aliphatic carbocycles. The lowest BCUT2D eigenvalue weighted by atomic mass is 10.1. The summed E-state index contributed by atoms with van der Waals surface area (Å²) in [7, 11) is 1.95. The number of halogens is 1. The molecular formula is C22H24ClN5OS. The molecule has 0 unspecified atom stereocenters. The van der Waals surface area contributed by atoms with Crippen molar-refractivity contribution < 1.29 is 4.79 Å². The van der Waals surface area contributed by atoms with Crippen molar-refractivity contribution in [1.82, 2.24) is 19.7 Å². The number of nitrogens with zero attached hydrogens (tertiary/aromatic N) is 5. The van der Waals surface area contributed by atoms with E-state index in [-0.39, 0.29) is 5.91 Å². The van der Waals surface area contributed by atoms with Crippen LogP contribution in [0.15, 0.2) is 59.8 Å². The van der Waals surface area contributed by atoms with E-state index in [1.54, 1.807) is 0 Å². The van der Waals surface area contributed by atoms with Crippen molar-refractivity contribution in [3.63, 3.8) is 0 Å². The van der Waals surface area contributed by atoms with Gasteiger partial charge in [0.1, 0.15) is 5.82 Å². The SMILES string of the molecule is Cn1c(Cc2ccccc2)nnc1SCC(=O)N1CCN(c2cccc(Cl)c2)CC1. The van der Waals surface area contributed by atoms with Gasteiger partial charge in [-0.15, -0.1) is 10.2 Å². The van der Waals surface area contributed by atoms with Gasteiger partial charge in [-0.3, -0.25) is 4.79 Å². The molecule has 0 spiro atoms. The average molecular weight is 442 g/mol. The Kier molecular flexibility index (Phi) is 6.59. The summed E-state index contributed by atoms with van der Waals surface area (Å²) in [4.78, 5) is 16.9. The van der Waals surface area contributed by atoms with Crippen molar-refractivity contribution in [2.75, 3.05) is 36.8 Å². The highest BCUT2D eigenvalue weighted by Crippen LogP contribution is 2.22. The van der Waals surface area contributed by atoms with Crippen molar-refractivity contribution in [3.05, 3.63) is 71.0 Å². The number of rotatable bonds is 6. The highest BCUT2D eigenvalue weighted by molar-refractivity contribution is 7.99. The van der Waals surface area contributed by atoms with Gasteiger partial charge in [0.05, 0.1) is 5.75 Å². The Bertz CT molecular complexity index is 1000. The number of aromatic nitrogens is 3. The number of amides is 1. The number of hydrogen-bond acceptors (Lipinski definition) is 5. The molecule has 1 saturated heterocycles. The number of benzene rings is 2. The Balaban J connectivity index is 1.28. The summed E-state index contributed by atoms with van der Waals surface area (Å²) in [6.45, 7) is 3.04. The standard InChI is InChI=1S/C22H24ClN5OS/c1-26-20(14-17-6-3-2-4-7-17)24-25-22(26)30-16-21(29)28-12-10-27(11-13-28)19-9-5-8-18(23)15-19/h2-9,15H,10-14,16H2,1H3. The maximum atomic E-state index is 12.7. The first-order valence-corrected chi connectivity index (χ1v) is 11.3. The molecule has 1 aromatic heterocycles. The van der Waals surface area contributed by atoms with Crippen molar-refractivity contribution in [3.8, 4) is 0 Å². The Hall–Kier alpha value is -2.51. The Morgan fingerprint density at radius 2 is 1.80 bits per heavy atom. The Labute approximate surface area is 185 Å². The zero-order valence-electron chi connectivity index (χ0n) is 16.9. The Morgan fingerprint density at radius 1 is 1.03 bits per heavy atom. The molecule has 1 aliphatic rings. The molecular weight excluding hydrogens is 418 g/mol. The van der Waals surface area contributed by atoms with E-state index in [1.807, 2.05) is 52.9 Å². The quantitative estimate of drug-likeness (QED) is 0.548. The molecule has 1 aliphatic heterocycles. The normalized spacial score (nSPS) is 14.2. The molecule has 2 heterocycles. The van der Waals surface area contributed by atoms with E-state index in [0.717, 1.165) is 41.2 Å². The largest absolute Gasteiger partial charge is 0.368 e. The average Bonchev–Trinajstić information content (AvgIpc) is 3.12. The van der Waals surface area contributed by atoms with Gasteiger partial charge in [0, 0.05) is 50.4 Å². The van der Waals surface area contributed by atoms with Crippen molar-refractivity contribution >= 4 is 35.0 Å². The highest BCUT2D eigenvalue weighted by atomic mass is 35.5. The second kappa shape index (κ2) is 9.53. The van der Waals surface area contributed by atoms with Gasteiger partial charge in [-0.05, 0) is 23.8 Å². The van der Waals surface area contributed by atoms with Gasteiger partial charge in [-0.1, -0.05) is 59.8 Å². The number of carbonyl (C=O) groups excluding carboxylic acids is 1. The lowest BCUT2D eigenvalue weighted by molar-refractivity contribution is -0.128. The molecule has 30 heavy (non-hydrogen) atoms. The van der Waals surface area contributed by atoms with Crippen LogP contribution in [-0.2, 0) is 18.3 Å². The molecule has 8 heteroatoms. The van der Waals surface area contributed by atoms with Crippen LogP contribution < -0.4 is 4.90 Å². The predicted molar refractivity (Wildman–Crippen MR) is 121 cm³/mol. The number of hydrogen-bond donors (Lipinski definition) is 0. The minimum absolute atomic E-state index is 0.137. The molecule has 3 aromatic rings. The van der Waals surface area contributed by atoms with Gasteiger partial charge in [-0.25, -0.2) is 0 Å². The van der Waals surface area contributed by atoms with Crippen LogP contribution in [0.3, 0.4) is 0 Å². The minimum atomic E-state index is 0.137. The zero-order chi connectivity index (χ0) is 20.9. The van der Waals surface area contributed by atoms with Crippen LogP contribution in [-0.4, -0.2) is 57.5 Å². The van der Waals surface area contributed by atoms with Crippen LogP contribution in [0.4, 0.5) is 5.69 Å². The molecule has 0 radical (unpaired) electrons. The number of anilines is 1. The monoisotopic (exact) mass is 441 g/mol. The summed E-state index contributed by atoms with van der Waals surface area (Å²) in [5, 5.41) is 10.1. The van der Waals surface area contributed by atoms with E-state index in [0.29, 0.717) is 18.8 Å². The first-order chi connectivity index (χ1) is 14.6. The van der Waals surface area contributed by atoms with Gasteiger partial charge < -0.3 is 14.4 Å². The van der Waals surface area contributed by atoms with E-state index in [2.05, 4.69) is 33.3 Å². The number of piperazine rings is 1. The zero-order valence-corrected chi connectivity index (χ0v) is 18.4. The second-order valence-electron chi connectivity index (χ2n) is 7.26. The molecule has 0 atom stereocenters. The fourth-order valence-corrected chi connectivity index (χ4v) is 4.52. The van der Waals surface area contributed by atoms with Crippen molar-refractivity contribution in [2.45, 2.75) is 11.6 Å². The number of carbonyl (C=O) groups is 1. The lowest BCUT2D eigenvalue weighted by Crippen LogP contribution is -2.49. The highest BCUT2D eigenvalue weighted by Gasteiger charge is 2.22. The summed E-state index contributed by atoms with van der Waals surface area (Å²) in [5.74, 6) is 1.40. The fourth-order valence-electron chi connectivity index (χ4n) is 3.51. The van der Waals surface area contributed by atoms with E-state index in [1.165, 1.54) is 17.3 Å². The van der Waals surface area contributed by atoms with E-state index < -0.39 is 0 Å². The van der Waals surface area contributed by atoms with Crippen LogP contribution in [0.2, 0.25) is 5.02 Å². The summed E-state index contributed by atoms with van der Waals surface area (Å²) in [6.07, 6.45) is 0.726. The van der Waals surface area contributed by atoms with Crippen LogP contribution >= 0.6 is 23.4 Å². The lowest BCUT2D eigenvalue weighted by Gasteiger charge is -2.36. The molecule has 156 valence electrons. The van der Waals surface area contributed by atoms with Crippen LogP contribution in [0.25, 0.3) is 0 Å². The molecule has 2 aromatic carbocycles. The minimum Gasteiger partial charge on any atom is -0.368 e. The second-order valence-corrected chi connectivity index (χ2v) is 8.64. The molecule has 4 rings (SSSR count). The first kappa shape index (κ1) is 20.8. The maximum absolute atomic E-state index is 12.7. The summed E-state index contributed by atoms with van der Waals surface area (Å²) in [6, 6.07) is 18.1. The van der Waals surface area contributed by atoms with Gasteiger partial charge in [0.15, 0.2) is 5.16 Å². The molecule has 1 fully saturated rings. The third-order valence-corrected chi connectivity index (χ3v) is 6.50. The van der Waals surface area contributed by atoms with E-state index in [4.69, 9.17) is 11.6 Å². The van der Waals surface area contributed by atoms with Crippen LogP contribution in [0, 0.1) is 0 Å². The molecule has 0 bridgehead atoms. The van der Waals surface area contributed by atoms with Gasteiger partial charge in [0.25, 0.3) is 0 Å². The van der Waals surface area contributed by atoms with E-state index >= 15 is 0 Å². The summed E-state index contributed by atoms with van der Waals surface area (Å²) < 4.78 is 1.97. The van der Waals surface area contributed by atoms with Gasteiger partial charge in [-0.2, -0.15) is 0 Å².